The average molecular weight is 766 g/mol. The molecule has 0 aliphatic heterocycles. The highest BCUT2D eigenvalue weighted by Gasteiger charge is 2.68. The molecule has 4 aliphatic rings. The van der Waals surface area contributed by atoms with E-state index in [0.29, 0.717) is 30.6 Å². The minimum atomic E-state index is -3.63. The van der Waals surface area contributed by atoms with Crippen LogP contribution in [-0.4, -0.2) is 45.5 Å². The Hall–Kier alpha value is -1.68. The van der Waals surface area contributed by atoms with Crippen molar-refractivity contribution in [3.8, 4) is 0 Å². The van der Waals surface area contributed by atoms with Crippen molar-refractivity contribution in [2.75, 3.05) is 18.1 Å². The SMILES string of the molecule is CCCCC(CC)CBOSCC12CCC(/C(=C\c3ccc(/C=C4/C(=O)C5(CS(=O)(=O)NCC(CC)CCCC)CCC4C5(C)C)cc3)C1=O)C2(C)C. The second-order valence-electron chi connectivity index (χ2n) is 18.1. The summed E-state index contributed by atoms with van der Waals surface area (Å²) < 4.78 is 36.0. The third-order valence-corrected chi connectivity index (χ3v) is 17.2. The normalized spacial score (nSPS) is 29.8. The number of allylic oxidation sites excluding steroid dienone is 2. The summed E-state index contributed by atoms with van der Waals surface area (Å²) in [5.74, 6) is 2.13. The number of fused-ring (bicyclic) bond motifs is 4. The zero-order valence-electron chi connectivity index (χ0n) is 34.2. The lowest BCUT2D eigenvalue weighted by atomic mass is 9.70. The third-order valence-electron chi connectivity index (χ3n) is 14.8. The Balaban J connectivity index is 1.25. The molecule has 0 amide bonds. The molecule has 6 nitrogen and oxygen atoms in total. The molecule has 4 fully saturated rings. The van der Waals surface area contributed by atoms with Gasteiger partial charge in [-0.05, 0) is 108 Å². The van der Waals surface area contributed by atoms with Crippen LogP contribution < -0.4 is 4.72 Å². The van der Waals surface area contributed by atoms with E-state index in [1.807, 2.05) is 18.2 Å². The van der Waals surface area contributed by atoms with E-state index in [1.54, 1.807) is 0 Å². The smallest absolute Gasteiger partial charge is 0.294 e. The number of carbonyl (C=O) groups is 2. The molecular formula is C44H68BNO5S2. The maximum Gasteiger partial charge on any atom is 0.294 e. The van der Waals surface area contributed by atoms with E-state index in [2.05, 4.69) is 78.3 Å². The molecule has 0 spiro atoms. The van der Waals surface area contributed by atoms with Crippen LogP contribution in [0.1, 0.15) is 144 Å². The van der Waals surface area contributed by atoms with Crippen LogP contribution >= 0.6 is 12.0 Å². The fraction of sp³-hybridized carbons (Fsp3) is 0.727. The molecule has 1 aromatic rings. The van der Waals surface area contributed by atoms with Gasteiger partial charge in [-0.25, -0.2) is 13.1 Å². The lowest BCUT2D eigenvalue weighted by Gasteiger charge is -2.35. The van der Waals surface area contributed by atoms with Gasteiger partial charge < -0.3 is 4.10 Å². The number of hydrogen-bond acceptors (Lipinski definition) is 6. The number of hydrogen-bond donors (Lipinski definition) is 1. The molecule has 0 heterocycles. The van der Waals surface area contributed by atoms with Gasteiger partial charge in [0.25, 0.3) is 7.48 Å². The monoisotopic (exact) mass is 765 g/mol. The molecular weight excluding hydrogens is 697 g/mol. The largest absolute Gasteiger partial charge is 0.381 e. The van der Waals surface area contributed by atoms with Gasteiger partial charge in [0.05, 0.1) is 16.6 Å². The molecule has 0 aromatic heterocycles. The Labute approximate surface area is 327 Å². The van der Waals surface area contributed by atoms with Gasteiger partial charge in [-0.2, -0.15) is 0 Å². The minimum Gasteiger partial charge on any atom is -0.381 e. The molecule has 5 rings (SSSR count). The fourth-order valence-electron chi connectivity index (χ4n) is 10.6. The standard InChI is InChI=1S/C44H68BNO5S2/c1-9-13-15-31(11-3)27-45-51-52-29-43-23-21-37(41(43,5)6)35(39(43)47)25-33-17-19-34(20-18-33)26-36-38-22-24-44(40(36)48,42(38,7)8)30-53(49,50)46-28-32(12-4)16-14-10-2/h17-20,25-26,31-32,37-38,45-46H,9-16,21-24,27-30H2,1-8H3/b35-25+,36-26+. The summed E-state index contributed by atoms with van der Waals surface area (Å²) in [5, 5.41) is 0. The predicted octanol–water partition coefficient (Wildman–Crippen LogP) is 10.3. The molecule has 0 radical (unpaired) electrons. The van der Waals surface area contributed by atoms with Gasteiger partial charge in [-0.1, -0.05) is 125 Å². The van der Waals surface area contributed by atoms with Crippen LogP contribution in [0.3, 0.4) is 0 Å². The minimum absolute atomic E-state index is 0.00280. The molecule has 6 atom stereocenters. The Morgan fingerprint density at radius 3 is 1.83 bits per heavy atom. The van der Waals surface area contributed by atoms with Crippen LogP contribution in [0.5, 0.6) is 0 Å². The van der Waals surface area contributed by atoms with Gasteiger partial charge in [-0.15, -0.1) is 0 Å². The van der Waals surface area contributed by atoms with Gasteiger partial charge in [0.2, 0.25) is 10.0 Å². The van der Waals surface area contributed by atoms with Crippen LogP contribution in [0, 0.1) is 45.3 Å². The summed E-state index contributed by atoms with van der Waals surface area (Å²) in [7, 11) is -2.89. The van der Waals surface area contributed by atoms with E-state index in [4.69, 9.17) is 4.10 Å². The zero-order valence-corrected chi connectivity index (χ0v) is 35.8. The third kappa shape index (κ3) is 8.25. The molecule has 0 saturated heterocycles. The quantitative estimate of drug-likeness (QED) is 0.0580. The van der Waals surface area contributed by atoms with Gasteiger partial charge in [0, 0.05) is 23.4 Å². The van der Waals surface area contributed by atoms with Crippen molar-refractivity contribution >= 4 is 53.3 Å². The summed E-state index contributed by atoms with van der Waals surface area (Å²) in [4.78, 5) is 28.3. The van der Waals surface area contributed by atoms with E-state index >= 15 is 0 Å². The molecule has 1 N–H and O–H groups in total. The number of carbonyl (C=O) groups excluding carboxylic acids is 2. The van der Waals surface area contributed by atoms with E-state index in [0.717, 1.165) is 81.0 Å². The van der Waals surface area contributed by atoms with Crippen LogP contribution in [0.2, 0.25) is 6.32 Å². The first-order valence-electron chi connectivity index (χ1n) is 21.0. The van der Waals surface area contributed by atoms with E-state index in [-0.39, 0.29) is 34.6 Å². The molecule has 6 unspecified atom stereocenters. The molecule has 294 valence electrons. The van der Waals surface area contributed by atoms with Crippen LogP contribution in [-0.2, 0) is 23.7 Å². The van der Waals surface area contributed by atoms with Crippen LogP contribution in [0.25, 0.3) is 12.2 Å². The number of rotatable bonds is 21. The van der Waals surface area contributed by atoms with Crippen molar-refractivity contribution in [2.24, 2.45) is 45.3 Å². The highest BCUT2D eigenvalue weighted by Crippen LogP contribution is 2.68. The second kappa shape index (κ2) is 17.2. The molecule has 4 aliphatic carbocycles. The van der Waals surface area contributed by atoms with Crippen molar-refractivity contribution in [3.05, 3.63) is 46.5 Å². The van der Waals surface area contributed by atoms with Gasteiger partial charge in [0.1, 0.15) is 0 Å². The summed E-state index contributed by atoms with van der Waals surface area (Å²) in [6.45, 7) is 17.9. The number of nitrogens with one attached hydrogen (secondary N) is 1. The highest BCUT2D eigenvalue weighted by atomic mass is 32.2. The Bertz CT molecular complexity index is 1630. The van der Waals surface area contributed by atoms with E-state index in [1.165, 1.54) is 37.7 Å². The Morgan fingerprint density at radius 1 is 0.811 bits per heavy atom. The summed E-state index contributed by atoms with van der Waals surface area (Å²) in [5.41, 5.74) is 1.75. The van der Waals surface area contributed by atoms with Crippen molar-refractivity contribution in [3.63, 3.8) is 0 Å². The first-order valence-corrected chi connectivity index (χ1v) is 23.5. The molecule has 1 aromatic carbocycles. The zero-order chi connectivity index (χ0) is 38.7. The van der Waals surface area contributed by atoms with Gasteiger partial charge >= 0.3 is 0 Å². The van der Waals surface area contributed by atoms with Crippen LogP contribution in [0.4, 0.5) is 0 Å². The topological polar surface area (TPSA) is 89.5 Å². The number of benzene rings is 1. The molecule has 53 heavy (non-hydrogen) atoms. The first-order chi connectivity index (χ1) is 25.1. The van der Waals surface area contributed by atoms with E-state index < -0.39 is 26.3 Å². The Kier molecular flexibility index (Phi) is 13.8. The van der Waals surface area contributed by atoms with Crippen molar-refractivity contribution in [2.45, 2.75) is 139 Å². The van der Waals surface area contributed by atoms with E-state index in [9.17, 15) is 18.0 Å². The summed E-state index contributed by atoms with van der Waals surface area (Å²) >= 11 is 1.50. The molecule has 9 heteroatoms. The van der Waals surface area contributed by atoms with Crippen molar-refractivity contribution in [1.29, 1.82) is 0 Å². The fourth-order valence-corrected chi connectivity index (χ4v) is 13.7. The number of ketones is 2. The number of unbranched alkanes of at least 4 members (excludes halogenated alkanes) is 2. The lowest BCUT2D eigenvalue weighted by Crippen LogP contribution is -2.46. The highest BCUT2D eigenvalue weighted by molar-refractivity contribution is 7.95. The molecule has 4 bridgehead atoms. The second-order valence-corrected chi connectivity index (χ2v) is 20.7. The lowest BCUT2D eigenvalue weighted by molar-refractivity contribution is -0.125. The van der Waals surface area contributed by atoms with Gasteiger partial charge in [0.15, 0.2) is 11.6 Å². The number of Topliss-reactive ketones (excluding diaryl/α,β-unsaturated/α-hetero) is 2. The Morgan fingerprint density at radius 2 is 1.30 bits per heavy atom. The summed E-state index contributed by atoms with van der Waals surface area (Å²) in [6, 6.07) is 8.16. The summed E-state index contributed by atoms with van der Waals surface area (Å²) in [6.07, 6.45) is 17.7. The van der Waals surface area contributed by atoms with Crippen LogP contribution in [0.15, 0.2) is 35.4 Å². The number of sulfonamides is 1. The average Bonchev–Trinajstić information content (AvgIpc) is 3.64. The van der Waals surface area contributed by atoms with Gasteiger partial charge in [-0.3, -0.25) is 9.59 Å². The first kappa shape index (κ1) is 42.5. The predicted molar refractivity (Wildman–Crippen MR) is 224 cm³/mol. The van der Waals surface area contributed by atoms with Crippen molar-refractivity contribution in [1.82, 2.24) is 4.72 Å². The van der Waals surface area contributed by atoms with Crippen molar-refractivity contribution < 1.29 is 22.1 Å². The maximum absolute atomic E-state index is 14.2. The maximum atomic E-state index is 14.2. The molecule has 4 saturated carbocycles.